The molecule has 0 radical (unpaired) electrons. The number of hydrogen-bond acceptors (Lipinski definition) is 5. The SMILES string of the molecule is Cc1ccc(-n2cc(C(=O)NS(=O)(=O)c3cc(C(F)(F)F)ccc3Br)nn2)c(Cl)c1. The number of carbonyl (C=O) groups is 1. The van der Waals surface area contributed by atoms with E-state index in [0.717, 1.165) is 17.8 Å². The van der Waals surface area contributed by atoms with Crippen LogP contribution in [0, 0.1) is 6.92 Å². The van der Waals surface area contributed by atoms with Crippen molar-refractivity contribution in [1.29, 1.82) is 0 Å². The van der Waals surface area contributed by atoms with Crippen LogP contribution >= 0.6 is 27.5 Å². The van der Waals surface area contributed by atoms with Crippen LogP contribution < -0.4 is 4.72 Å². The number of hydrogen-bond donors (Lipinski definition) is 1. The van der Waals surface area contributed by atoms with E-state index in [1.54, 1.807) is 22.9 Å². The third-order valence-corrected chi connectivity index (χ3v) is 6.48. The molecule has 3 aromatic rings. The summed E-state index contributed by atoms with van der Waals surface area (Å²) in [4.78, 5) is 11.6. The Balaban J connectivity index is 1.88. The van der Waals surface area contributed by atoms with Gasteiger partial charge in [-0.3, -0.25) is 4.79 Å². The molecule has 0 bridgehead atoms. The summed E-state index contributed by atoms with van der Waals surface area (Å²) < 4.78 is 66.4. The fourth-order valence-electron chi connectivity index (χ4n) is 2.40. The van der Waals surface area contributed by atoms with Gasteiger partial charge >= 0.3 is 6.18 Å². The van der Waals surface area contributed by atoms with Crippen LogP contribution in [0.1, 0.15) is 21.6 Å². The van der Waals surface area contributed by atoms with Crippen molar-refractivity contribution < 1.29 is 26.4 Å². The Hall–Kier alpha value is -2.44. The van der Waals surface area contributed by atoms with Crippen LogP contribution in [0.15, 0.2) is 52.0 Å². The second kappa shape index (κ2) is 8.00. The highest BCUT2D eigenvalue weighted by atomic mass is 79.9. The number of rotatable bonds is 4. The molecule has 0 atom stereocenters. The van der Waals surface area contributed by atoms with Crippen LogP contribution in [0.3, 0.4) is 0 Å². The molecule has 1 N–H and O–H groups in total. The maximum Gasteiger partial charge on any atom is 0.416 e. The maximum atomic E-state index is 12.9. The van der Waals surface area contributed by atoms with Crippen molar-refractivity contribution >= 4 is 43.5 Å². The average Bonchev–Trinajstić information content (AvgIpc) is 3.10. The quantitative estimate of drug-likeness (QED) is 0.555. The highest BCUT2D eigenvalue weighted by Crippen LogP contribution is 2.33. The monoisotopic (exact) mass is 522 g/mol. The maximum absolute atomic E-state index is 12.9. The van der Waals surface area contributed by atoms with Crippen molar-refractivity contribution in [2.45, 2.75) is 18.0 Å². The van der Waals surface area contributed by atoms with Gasteiger partial charge < -0.3 is 0 Å². The first kappa shape index (κ1) is 22.2. The Labute approximate surface area is 182 Å². The van der Waals surface area contributed by atoms with Gasteiger partial charge in [-0.25, -0.2) is 17.8 Å². The van der Waals surface area contributed by atoms with E-state index >= 15 is 0 Å². The predicted octanol–water partition coefficient (Wildman–Crippen LogP) is 4.13. The molecule has 0 aliphatic rings. The standard InChI is InChI=1S/C17H11BrClF3N4O3S/c1-9-2-5-14(12(19)6-9)26-8-13(23-25-26)16(27)24-30(28,29)15-7-10(17(20,21)22)3-4-11(15)18/h2-8H,1H3,(H,24,27). The molecule has 1 aromatic heterocycles. The van der Waals surface area contributed by atoms with Crippen LogP contribution in [0.2, 0.25) is 5.02 Å². The molecule has 0 unspecified atom stereocenters. The summed E-state index contributed by atoms with van der Waals surface area (Å²) in [6, 6.07) is 7.10. The summed E-state index contributed by atoms with van der Waals surface area (Å²) in [7, 11) is -4.64. The normalized spacial score (nSPS) is 12.1. The van der Waals surface area contributed by atoms with Crippen molar-refractivity contribution in [2.24, 2.45) is 0 Å². The molecular weight excluding hydrogens is 513 g/mol. The van der Waals surface area contributed by atoms with Gasteiger partial charge in [0.05, 0.1) is 22.5 Å². The fourth-order valence-corrected chi connectivity index (χ4v) is 4.67. The molecule has 0 saturated carbocycles. The molecule has 0 fully saturated rings. The van der Waals surface area contributed by atoms with E-state index in [-0.39, 0.29) is 10.2 Å². The Bertz CT molecular complexity index is 1250. The first-order valence-corrected chi connectivity index (χ1v) is 10.7. The van der Waals surface area contributed by atoms with Gasteiger partial charge in [0.2, 0.25) is 0 Å². The molecule has 158 valence electrons. The summed E-state index contributed by atoms with van der Waals surface area (Å²) in [5, 5.41) is 7.66. The molecular formula is C17H11BrClF3N4O3S. The van der Waals surface area contributed by atoms with Crippen LogP contribution in [-0.4, -0.2) is 29.3 Å². The van der Waals surface area contributed by atoms with Crippen LogP contribution in [0.4, 0.5) is 13.2 Å². The fraction of sp³-hybridized carbons (Fsp3) is 0.118. The van der Waals surface area contributed by atoms with Gasteiger partial charge in [0.1, 0.15) is 4.90 Å². The number of nitrogens with one attached hydrogen (secondary N) is 1. The molecule has 0 aliphatic heterocycles. The number of halogens is 5. The largest absolute Gasteiger partial charge is 0.416 e. The van der Waals surface area contributed by atoms with Crippen molar-refractivity contribution in [1.82, 2.24) is 19.7 Å². The molecule has 13 heteroatoms. The smallest absolute Gasteiger partial charge is 0.266 e. The highest BCUT2D eigenvalue weighted by Gasteiger charge is 2.33. The summed E-state index contributed by atoms with van der Waals surface area (Å²) in [5.74, 6) is -1.17. The van der Waals surface area contributed by atoms with Gasteiger partial charge in [0.25, 0.3) is 15.9 Å². The molecule has 1 amide bonds. The Kier molecular flexibility index (Phi) is 5.94. The Morgan fingerprint density at radius 2 is 1.90 bits per heavy atom. The number of benzene rings is 2. The molecule has 0 aliphatic carbocycles. The molecule has 30 heavy (non-hydrogen) atoms. The van der Waals surface area contributed by atoms with Gasteiger partial charge in [-0.2, -0.15) is 13.2 Å². The van der Waals surface area contributed by atoms with Crippen molar-refractivity contribution in [3.63, 3.8) is 0 Å². The van der Waals surface area contributed by atoms with Crippen LogP contribution in [0.25, 0.3) is 5.69 Å². The number of aryl methyl sites for hydroxylation is 1. The topological polar surface area (TPSA) is 94.0 Å². The minimum atomic E-state index is -4.76. The molecule has 0 spiro atoms. The predicted molar refractivity (Wildman–Crippen MR) is 105 cm³/mol. The summed E-state index contributed by atoms with van der Waals surface area (Å²) in [5.41, 5.74) is -0.270. The van der Waals surface area contributed by atoms with E-state index in [0.29, 0.717) is 22.8 Å². The first-order chi connectivity index (χ1) is 13.9. The van der Waals surface area contributed by atoms with E-state index < -0.39 is 32.6 Å². The van der Waals surface area contributed by atoms with E-state index in [2.05, 4.69) is 26.2 Å². The van der Waals surface area contributed by atoms with Crippen molar-refractivity contribution in [3.05, 3.63) is 68.9 Å². The zero-order chi connectivity index (χ0) is 22.3. The van der Waals surface area contributed by atoms with Gasteiger partial charge in [0, 0.05) is 4.47 Å². The Morgan fingerprint density at radius 3 is 2.53 bits per heavy atom. The Morgan fingerprint density at radius 1 is 1.20 bits per heavy atom. The third-order valence-electron chi connectivity index (χ3n) is 3.85. The van der Waals surface area contributed by atoms with Crippen molar-refractivity contribution in [2.75, 3.05) is 0 Å². The van der Waals surface area contributed by atoms with Gasteiger partial charge in [-0.15, -0.1) is 5.10 Å². The number of nitrogens with zero attached hydrogens (tertiary/aromatic N) is 3. The van der Waals surface area contributed by atoms with Crippen LogP contribution in [-0.2, 0) is 16.2 Å². The van der Waals surface area contributed by atoms with E-state index in [1.807, 2.05) is 6.92 Å². The van der Waals surface area contributed by atoms with Gasteiger partial charge in [0.15, 0.2) is 5.69 Å². The molecule has 3 rings (SSSR count). The van der Waals surface area contributed by atoms with E-state index in [9.17, 15) is 26.4 Å². The lowest BCUT2D eigenvalue weighted by molar-refractivity contribution is -0.137. The molecule has 0 saturated heterocycles. The first-order valence-electron chi connectivity index (χ1n) is 8.01. The highest BCUT2D eigenvalue weighted by molar-refractivity contribution is 9.10. The van der Waals surface area contributed by atoms with E-state index in [4.69, 9.17) is 11.6 Å². The third kappa shape index (κ3) is 4.65. The van der Waals surface area contributed by atoms with Crippen LogP contribution in [0.5, 0.6) is 0 Å². The number of alkyl halides is 3. The molecule has 1 heterocycles. The molecule has 2 aromatic carbocycles. The van der Waals surface area contributed by atoms with Gasteiger partial charge in [-0.1, -0.05) is 22.9 Å². The summed E-state index contributed by atoms with van der Waals surface area (Å²) in [6.45, 7) is 1.83. The van der Waals surface area contributed by atoms with E-state index in [1.165, 1.54) is 4.68 Å². The lowest BCUT2D eigenvalue weighted by atomic mass is 10.2. The number of aromatic nitrogens is 3. The molecule has 7 nitrogen and oxygen atoms in total. The lowest BCUT2D eigenvalue weighted by Gasteiger charge is -2.11. The summed E-state index contributed by atoms with van der Waals surface area (Å²) >= 11 is 9.01. The second-order valence-corrected chi connectivity index (χ2v) is 8.99. The zero-order valence-corrected chi connectivity index (χ0v) is 18.1. The van der Waals surface area contributed by atoms with Gasteiger partial charge in [-0.05, 0) is 58.7 Å². The minimum absolute atomic E-state index is 0.147. The number of carbonyl (C=O) groups excluding carboxylic acids is 1. The summed E-state index contributed by atoms with van der Waals surface area (Å²) in [6.07, 6.45) is -3.62. The lowest BCUT2D eigenvalue weighted by Crippen LogP contribution is -2.31. The number of sulfonamides is 1. The average molecular weight is 524 g/mol. The van der Waals surface area contributed by atoms with Crippen molar-refractivity contribution in [3.8, 4) is 5.69 Å². The minimum Gasteiger partial charge on any atom is -0.266 e. The second-order valence-electron chi connectivity index (χ2n) is 6.08. The zero-order valence-electron chi connectivity index (χ0n) is 14.9. The number of amides is 1.